The molecule has 0 aromatic carbocycles. The number of nitrogens with one attached hydrogen (secondary N) is 1. The van der Waals surface area contributed by atoms with Crippen LogP contribution in [0.1, 0.15) is 24.8 Å². The molecule has 1 aliphatic carbocycles. The molecule has 2 aliphatic rings. The van der Waals surface area contributed by atoms with Gasteiger partial charge in [0, 0.05) is 18.4 Å². The Balaban J connectivity index is 1.96. The van der Waals surface area contributed by atoms with E-state index in [0.717, 1.165) is 17.5 Å². The van der Waals surface area contributed by atoms with Crippen molar-refractivity contribution >= 4 is 17.2 Å². The average Bonchev–Trinajstić information content (AvgIpc) is 2.76. The van der Waals surface area contributed by atoms with E-state index in [2.05, 4.69) is 16.4 Å². The molecule has 0 unspecified atom stereocenters. The Labute approximate surface area is 101 Å². The summed E-state index contributed by atoms with van der Waals surface area (Å²) in [6.07, 6.45) is 9.75. The van der Waals surface area contributed by atoms with Crippen molar-refractivity contribution in [2.75, 3.05) is 6.54 Å². The molecular weight excluding hydrogens is 220 g/mol. The van der Waals surface area contributed by atoms with Crippen molar-refractivity contribution in [2.45, 2.75) is 25.3 Å². The maximum Gasteiger partial charge on any atom is 0.0595 e. The number of nitrogens with zero attached hydrogens (tertiary/aromatic N) is 1. The van der Waals surface area contributed by atoms with Crippen molar-refractivity contribution in [1.82, 2.24) is 10.3 Å². The third-order valence-electron chi connectivity index (χ3n) is 3.63. The fraction of sp³-hybridized carbons (Fsp3) is 0.462. The summed E-state index contributed by atoms with van der Waals surface area (Å²) >= 11 is 6.00. The molecule has 1 fully saturated rings. The first kappa shape index (κ1) is 10.3. The summed E-state index contributed by atoms with van der Waals surface area (Å²) in [4.78, 5) is 4.17. The molecule has 1 saturated heterocycles. The van der Waals surface area contributed by atoms with E-state index in [0.29, 0.717) is 6.04 Å². The summed E-state index contributed by atoms with van der Waals surface area (Å²) in [7, 11) is 0. The van der Waals surface area contributed by atoms with Gasteiger partial charge in [-0.2, -0.15) is 0 Å². The molecule has 3 heteroatoms. The number of hydrogen-bond donors (Lipinski definition) is 1. The monoisotopic (exact) mass is 234 g/mol. The molecule has 1 aliphatic heterocycles. The van der Waals surface area contributed by atoms with Crippen molar-refractivity contribution in [1.29, 1.82) is 0 Å². The van der Waals surface area contributed by atoms with Gasteiger partial charge in [0.05, 0.1) is 5.02 Å². The maximum absolute atomic E-state index is 6.00. The van der Waals surface area contributed by atoms with E-state index in [1.165, 1.54) is 30.4 Å². The minimum atomic E-state index is 0.522. The Morgan fingerprint density at radius 1 is 1.31 bits per heavy atom. The minimum absolute atomic E-state index is 0.522. The predicted molar refractivity (Wildman–Crippen MR) is 66.4 cm³/mol. The maximum atomic E-state index is 6.00. The van der Waals surface area contributed by atoms with Crippen LogP contribution in [-0.2, 0) is 0 Å². The molecule has 0 spiro atoms. The Bertz CT molecular complexity index is 428. The second-order valence-electron chi connectivity index (χ2n) is 4.61. The highest BCUT2D eigenvalue weighted by Gasteiger charge is 2.32. The van der Waals surface area contributed by atoms with Crippen LogP contribution < -0.4 is 5.32 Å². The first-order valence-corrected chi connectivity index (χ1v) is 6.27. The molecule has 16 heavy (non-hydrogen) atoms. The molecule has 0 bridgehead atoms. The highest BCUT2D eigenvalue weighted by molar-refractivity contribution is 6.30. The number of halogens is 1. The van der Waals surface area contributed by atoms with Crippen LogP contribution in [-0.4, -0.2) is 17.6 Å². The van der Waals surface area contributed by atoms with Gasteiger partial charge in [-0.25, -0.2) is 0 Å². The van der Waals surface area contributed by atoms with Gasteiger partial charge in [0.15, 0.2) is 0 Å². The highest BCUT2D eigenvalue weighted by Crippen LogP contribution is 2.36. The molecule has 1 aromatic heterocycles. The van der Waals surface area contributed by atoms with Crippen LogP contribution in [0.3, 0.4) is 0 Å². The summed E-state index contributed by atoms with van der Waals surface area (Å²) in [6, 6.07) is 2.54. The van der Waals surface area contributed by atoms with Gasteiger partial charge in [0.25, 0.3) is 0 Å². The molecule has 0 amide bonds. The molecule has 1 aromatic rings. The Morgan fingerprint density at radius 2 is 2.25 bits per heavy atom. The first-order chi connectivity index (χ1) is 7.84. The molecular formula is C13H15ClN2. The van der Waals surface area contributed by atoms with Crippen LogP contribution in [0.25, 0.3) is 5.57 Å². The van der Waals surface area contributed by atoms with Crippen molar-refractivity contribution in [2.24, 2.45) is 5.92 Å². The lowest BCUT2D eigenvalue weighted by atomic mass is 9.82. The Morgan fingerprint density at radius 3 is 3.12 bits per heavy atom. The van der Waals surface area contributed by atoms with E-state index in [1.54, 1.807) is 6.20 Å². The van der Waals surface area contributed by atoms with Gasteiger partial charge in [0.1, 0.15) is 0 Å². The Hall–Kier alpha value is -0.860. The molecule has 0 saturated carbocycles. The fourth-order valence-corrected chi connectivity index (χ4v) is 3.05. The van der Waals surface area contributed by atoms with Crippen molar-refractivity contribution in [3.63, 3.8) is 0 Å². The minimum Gasteiger partial charge on any atom is -0.310 e. The van der Waals surface area contributed by atoms with Gasteiger partial charge in [-0.05, 0) is 48.9 Å². The number of rotatable bonds is 1. The topological polar surface area (TPSA) is 24.9 Å². The van der Waals surface area contributed by atoms with Crippen LogP contribution in [0.15, 0.2) is 24.5 Å². The lowest BCUT2D eigenvalue weighted by molar-refractivity contribution is 0.470. The predicted octanol–water partition coefficient (Wildman–Crippen LogP) is 2.89. The normalized spacial score (nSPS) is 28.7. The lowest BCUT2D eigenvalue weighted by Crippen LogP contribution is -2.30. The summed E-state index contributed by atoms with van der Waals surface area (Å²) < 4.78 is 0. The average molecular weight is 235 g/mol. The standard InChI is InChI=1S/C13H15ClN2/c14-11-6-10(7-15-8-11)12-3-1-2-9-4-5-16-13(9)12/h3,6-9,13,16H,1-2,4-5H2/t9-,13+/m0/s1. The van der Waals surface area contributed by atoms with Crippen LogP contribution >= 0.6 is 11.6 Å². The molecule has 2 heterocycles. The molecule has 3 rings (SSSR count). The Kier molecular flexibility index (Phi) is 2.70. The zero-order valence-corrected chi connectivity index (χ0v) is 9.87. The summed E-state index contributed by atoms with van der Waals surface area (Å²) in [5.41, 5.74) is 2.57. The van der Waals surface area contributed by atoms with E-state index in [9.17, 15) is 0 Å². The zero-order valence-electron chi connectivity index (χ0n) is 9.12. The van der Waals surface area contributed by atoms with Crippen LogP contribution in [0.2, 0.25) is 5.02 Å². The quantitative estimate of drug-likeness (QED) is 0.808. The highest BCUT2D eigenvalue weighted by atomic mass is 35.5. The van der Waals surface area contributed by atoms with Crippen molar-refractivity contribution in [3.8, 4) is 0 Å². The van der Waals surface area contributed by atoms with Crippen LogP contribution in [0.5, 0.6) is 0 Å². The number of allylic oxidation sites excluding steroid dienone is 1. The van der Waals surface area contributed by atoms with Gasteiger partial charge in [-0.15, -0.1) is 0 Å². The number of hydrogen-bond acceptors (Lipinski definition) is 2. The third-order valence-corrected chi connectivity index (χ3v) is 3.83. The second kappa shape index (κ2) is 4.19. The zero-order chi connectivity index (χ0) is 11.0. The van der Waals surface area contributed by atoms with Gasteiger partial charge >= 0.3 is 0 Å². The van der Waals surface area contributed by atoms with E-state index >= 15 is 0 Å². The summed E-state index contributed by atoms with van der Waals surface area (Å²) in [5.74, 6) is 0.805. The summed E-state index contributed by atoms with van der Waals surface area (Å²) in [5, 5.41) is 4.31. The third kappa shape index (κ3) is 1.76. The smallest absolute Gasteiger partial charge is 0.0595 e. The molecule has 2 nitrogen and oxygen atoms in total. The molecule has 2 atom stereocenters. The van der Waals surface area contributed by atoms with Crippen LogP contribution in [0.4, 0.5) is 0 Å². The molecule has 0 radical (unpaired) electrons. The number of pyridine rings is 1. The fourth-order valence-electron chi connectivity index (χ4n) is 2.88. The largest absolute Gasteiger partial charge is 0.310 e. The van der Waals surface area contributed by atoms with Gasteiger partial charge in [0.2, 0.25) is 0 Å². The molecule has 1 N–H and O–H groups in total. The molecule has 84 valence electrons. The van der Waals surface area contributed by atoms with Crippen LogP contribution in [0, 0.1) is 5.92 Å². The van der Waals surface area contributed by atoms with E-state index in [1.807, 2.05) is 12.3 Å². The lowest BCUT2D eigenvalue weighted by Gasteiger charge is -2.27. The van der Waals surface area contributed by atoms with Crippen molar-refractivity contribution < 1.29 is 0 Å². The first-order valence-electron chi connectivity index (χ1n) is 5.89. The van der Waals surface area contributed by atoms with Gasteiger partial charge in [-0.1, -0.05) is 17.7 Å². The van der Waals surface area contributed by atoms with Gasteiger partial charge in [-0.3, -0.25) is 4.98 Å². The van der Waals surface area contributed by atoms with Crippen molar-refractivity contribution in [3.05, 3.63) is 35.1 Å². The number of aromatic nitrogens is 1. The summed E-state index contributed by atoms with van der Waals surface area (Å²) in [6.45, 7) is 1.14. The number of fused-ring (bicyclic) bond motifs is 1. The van der Waals surface area contributed by atoms with E-state index in [-0.39, 0.29) is 0 Å². The van der Waals surface area contributed by atoms with E-state index < -0.39 is 0 Å². The SMILES string of the molecule is Clc1cncc(C2=CCC[C@H]3CCN[C@@H]23)c1. The second-order valence-corrected chi connectivity index (χ2v) is 5.05. The van der Waals surface area contributed by atoms with Gasteiger partial charge < -0.3 is 5.32 Å². The van der Waals surface area contributed by atoms with E-state index in [4.69, 9.17) is 11.6 Å².